The zero-order valence-electron chi connectivity index (χ0n) is 35.0. The summed E-state index contributed by atoms with van der Waals surface area (Å²) >= 11 is 0. The Morgan fingerprint density at radius 3 is 1.90 bits per heavy atom. The number of Topliss-reactive ketones (excluding diaryl/α,β-unsaturated/α-hetero) is 1. The zero-order valence-corrected chi connectivity index (χ0v) is 35.0. The lowest BCUT2D eigenvalue weighted by Gasteiger charge is -2.45. The van der Waals surface area contributed by atoms with Crippen LogP contribution < -0.4 is 19.3 Å². The number of fused-ring (bicyclic) bond motifs is 12. The molecule has 0 bridgehead atoms. The van der Waals surface area contributed by atoms with Crippen molar-refractivity contribution in [3.63, 3.8) is 0 Å². The maximum absolute atomic E-state index is 14.6. The summed E-state index contributed by atoms with van der Waals surface area (Å²) in [6.07, 6.45) is 24.2. The summed E-state index contributed by atoms with van der Waals surface area (Å²) in [5, 5.41) is 0. The smallest absolute Gasteiger partial charge is 0.209 e. The van der Waals surface area contributed by atoms with Gasteiger partial charge in [0.15, 0.2) is 0 Å². The van der Waals surface area contributed by atoms with Gasteiger partial charge < -0.3 is 19.3 Å². The summed E-state index contributed by atoms with van der Waals surface area (Å²) in [5.41, 5.74) is 13.0. The highest BCUT2D eigenvalue weighted by atomic mass is 16.5. The molecule has 61 heavy (non-hydrogen) atoms. The minimum Gasteiger partial charge on any atom is -0.485 e. The lowest BCUT2D eigenvalue weighted by atomic mass is 9.72. The van der Waals surface area contributed by atoms with E-state index in [0.717, 1.165) is 34.1 Å². The number of carbonyl (C=O) groups excluding carboxylic acids is 1. The van der Waals surface area contributed by atoms with E-state index < -0.39 is 5.54 Å². The van der Waals surface area contributed by atoms with Crippen LogP contribution in [-0.2, 0) is 15.6 Å². The van der Waals surface area contributed by atoms with Gasteiger partial charge in [0.2, 0.25) is 5.78 Å². The monoisotopic (exact) mass is 798 g/mol. The fraction of sp³-hybridized carbons (Fsp3) is 0.278. The second-order valence-electron chi connectivity index (χ2n) is 19.3. The Morgan fingerprint density at radius 1 is 0.656 bits per heavy atom. The molecule has 0 aromatic heterocycles. The van der Waals surface area contributed by atoms with E-state index in [2.05, 4.69) is 165 Å². The molecule has 0 fully saturated rings. The average Bonchev–Trinajstić information content (AvgIpc) is 3.90. The molecule has 0 radical (unpaired) electrons. The predicted molar refractivity (Wildman–Crippen MR) is 243 cm³/mol. The Hall–Kier alpha value is -6.47. The maximum Gasteiger partial charge on any atom is 0.209 e. The highest BCUT2D eigenvalue weighted by Gasteiger charge is 2.55. The Balaban J connectivity index is 0.927. The largest absolute Gasteiger partial charge is 0.485 e. The van der Waals surface area contributed by atoms with E-state index in [9.17, 15) is 4.79 Å². The molecule has 7 nitrogen and oxygen atoms in total. The summed E-state index contributed by atoms with van der Waals surface area (Å²) in [6.45, 7) is 11.3. The first-order chi connectivity index (χ1) is 29.5. The van der Waals surface area contributed by atoms with Crippen molar-refractivity contribution in [2.24, 2.45) is 15.9 Å². The van der Waals surface area contributed by atoms with Crippen molar-refractivity contribution in [3.05, 3.63) is 178 Å². The lowest BCUT2D eigenvalue weighted by Crippen LogP contribution is -2.42. The van der Waals surface area contributed by atoms with Gasteiger partial charge >= 0.3 is 0 Å². The number of benzene rings is 4. The van der Waals surface area contributed by atoms with Crippen molar-refractivity contribution >= 4 is 41.0 Å². The first-order valence-corrected chi connectivity index (χ1v) is 21.8. The Labute approximate surface area is 356 Å². The van der Waals surface area contributed by atoms with E-state index in [1.54, 1.807) is 0 Å². The molecule has 4 aromatic carbocycles. The van der Waals surface area contributed by atoms with Gasteiger partial charge in [0.05, 0.1) is 23.1 Å². The molecule has 3 aliphatic carbocycles. The maximum atomic E-state index is 14.6. The van der Waals surface area contributed by atoms with Crippen LogP contribution in [0.5, 0.6) is 11.5 Å². The van der Waals surface area contributed by atoms with Crippen LogP contribution in [0.1, 0.15) is 86.3 Å². The molecule has 13 rings (SSSR count). The fourth-order valence-electron chi connectivity index (χ4n) is 12.1. The molecule has 7 heteroatoms. The number of para-hydroxylation sites is 2. The summed E-state index contributed by atoms with van der Waals surface area (Å²) < 4.78 is 13.1. The number of nitrogens with zero attached hydrogens (tertiary/aromatic N) is 4. The average molecular weight is 799 g/mol. The third-order valence-electron chi connectivity index (χ3n) is 15.3. The molecule has 0 spiro atoms. The molecule has 0 saturated heterocycles. The summed E-state index contributed by atoms with van der Waals surface area (Å²) in [5.74, 6) is 1.96. The number of allylic oxidation sites excluding steroid dienone is 5. The SMILES string of the molecule is CC1(C)c2ccccc2N(C2=CC3C4=C(N=CC(N5c6ccccc6C(C)(C)c6cc7c(cc65)C5C=CC=CC5O7)C4)C(=O)C3(C)N=C2)c2cc3c(cc21)OC1C=CC=CC31. The van der Waals surface area contributed by atoms with Crippen LogP contribution in [0.2, 0.25) is 0 Å². The molecule has 300 valence electrons. The molecule has 6 heterocycles. The number of hydrogen-bond donors (Lipinski definition) is 0. The second kappa shape index (κ2) is 11.9. The van der Waals surface area contributed by atoms with Gasteiger partial charge in [-0.3, -0.25) is 14.8 Å². The highest BCUT2D eigenvalue weighted by Crippen LogP contribution is 2.58. The second-order valence-corrected chi connectivity index (χ2v) is 19.3. The molecular weight excluding hydrogens is 753 g/mol. The number of dihydropyridines is 1. The van der Waals surface area contributed by atoms with Crippen LogP contribution in [0.3, 0.4) is 0 Å². The Kier molecular flexibility index (Phi) is 6.87. The third kappa shape index (κ3) is 4.56. The summed E-state index contributed by atoms with van der Waals surface area (Å²) in [4.78, 5) is 29.8. The van der Waals surface area contributed by atoms with Crippen LogP contribution in [-0.4, -0.2) is 42.0 Å². The van der Waals surface area contributed by atoms with Crippen molar-refractivity contribution < 1.29 is 14.3 Å². The minimum absolute atomic E-state index is 0.000842. The first-order valence-electron chi connectivity index (χ1n) is 21.8. The molecule has 6 aliphatic heterocycles. The van der Waals surface area contributed by atoms with Gasteiger partial charge in [0.25, 0.3) is 0 Å². The highest BCUT2D eigenvalue weighted by molar-refractivity contribution is 6.11. The van der Waals surface area contributed by atoms with E-state index in [4.69, 9.17) is 19.5 Å². The van der Waals surface area contributed by atoms with Crippen molar-refractivity contribution in [2.75, 3.05) is 9.80 Å². The van der Waals surface area contributed by atoms with Gasteiger partial charge in [0.1, 0.15) is 34.9 Å². The molecule has 0 saturated carbocycles. The zero-order chi connectivity index (χ0) is 41.2. The number of aliphatic imine (C=N–C) groups is 2. The van der Waals surface area contributed by atoms with E-state index >= 15 is 0 Å². The van der Waals surface area contributed by atoms with Crippen LogP contribution in [0.25, 0.3) is 0 Å². The number of hydrogen-bond acceptors (Lipinski definition) is 7. The standard InChI is InChI=1S/C54H46N4O3/c1-52(2)37-16-8-10-18-42(37)57(44-24-34-32-14-6-12-20-46(32)60-48(34)26-40(44)52)30-22-36-39-23-31(29-56-54(39,5)51(59)50(36)55-28-30)58-43-19-11-9-17-38(43)53(3,4)41-27-49-35(25-45(41)58)33-15-7-13-21-47(33)61-49/h6-21,23-30,32-33,39,46-47H,22H2,1-5H3. The Bertz CT molecular complexity index is 2960. The fourth-order valence-corrected chi connectivity index (χ4v) is 12.1. The van der Waals surface area contributed by atoms with Crippen LogP contribution >= 0.6 is 0 Å². The number of rotatable bonds is 2. The van der Waals surface area contributed by atoms with Crippen LogP contribution in [0, 0.1) is 5.92 Å². The summed E-state index contributed by atoms with van der Waals surface area (Å²) in [7, 11) is 0. The van der Waals surface area contributed by atoms with Gasteiger partial charge in [-0.25, -0.2) is 0 Å². The summed E-state index contributed by atoms with van der Waals surface area (Å²) in [6, 6.07) is 26.7. The van der Waals surface area contributed by atoms with Gasteiger partial charge in [-0.15, -0.1) is 0 Å². The van der Waals surface area contributed by atoms with E-state index in [1.165, 1.54) is 44.8 Å². The van der Waals surface area contributed by atoms with Crippen molar-refractivity contribution in [1.82, 2.24) is 0 Å². The molecule has 7 atom stereocenters. The first kappa shape index (κ1) is 35.3. The number of carbonyl (C=O) groups is 1. The minimum atomic E-state index is -0.982. The normalized spacial score (nSPS) is 30.2. The topological polar surface area (TPSA) is 66.7 Å². The lowest BCUT2D eigenvalue weighted by molar-refractivity contribution is -0.119. The molecular formula is C54H46N4O3. The predicted octanol–water partition coefficient (Wildman–Crippen LogP) is 10.9. The quantitative estimate of drug-likeness (QED) is 0.202. The number of ketones is 1. The van der Waals surface area contributed by atoms with E-state index in [1.807, 2.05) is 19.4 Å². The molecule has 7 unspecified atom stereocenters. The number of ether oxygens (including phenoxy) is 2. The molecule has 0 amide bonds. The van der Waals surface area contributed by atoms with Crippen LogP contribution in [0.4, 0.5) is 22.7 Å². The van der Waals surface area contributed by atoms with Gasteiger partial charge in [-0.2, -0.15) is 0 Å². The number of anilines is 4. The van der Waals surface area contributed by atoms with E-state index in [-0.39, 0.29) is 52.6 Å². The molecule has 0 N–H and O–H groups in total. The van der Waals surface area contributed by atoms with Crippen molar-refractivity contribution in [3.8, 4) is 11.5 Å². The van der Waals surface area contributed by atoms with Crippen molar-refractivity contribution in [2.45, 2.75) is 87.5 Å². The van der Waals surface area contributed by atoms with Gasteiger partial charge in [0, 0.05) is 63.5 Å². The van der Waals surface area contributed by atoms with E-state index in [0.29, 0.717) is 12.1 Å². The third-order valence-corrected chi connectivity index (χ3v) is 15.3. The van der Waals surface area contributed by atoms with Gasteiger partial charge in [-0.1, -0.05) is 101 Å². The molecule has 4 aromatic rings. The van der Waals surface area contributed by atoms with Crippen molar-refractivity contribution in [1.29, 1.82) is 0 Å². The van der Waals surface area contributed by atoms with Gasteiger partial charge in [-0.05, 0) is 95.8 Å². The Morgan fingerprint density at radius 2 is 1.23 bits per heavy atom. The molecule has 9 aliphatic rings. The van der Waals surface area contributed by atoms with Crippen LogP contribution in [0.15, 0.2) is 154 Å².